The fourth-order valence-electron chi connectivity index (χ4n) is 4.53. The number of ketones is 1. The molecule has 156 valence electrons. The van der Waals surface area contributed by atoms with Gasteiger partial charge in [0, 0.05) is 43.5 Å². The van der Waals surface area contributed by atoms with Gasteiger partial charge in [0.25, 0.3) is 0 Å². The zero-order chi connectivity index (χ0) is 21.2. The summed E-state index contributed by atoms with van der Waals surface area (Å²) in [6, 6.07) is 0.948. The third kappa shape index (κ3) is 2.90. The van der Waals surface area contributed by atoms with Crippen molar-refractivity contribution in [1.29, 1.82) is 0 Å². The summed E-state index contributed by atoms with van der Waals surface area (Å²) in [6.07, 6.45) is 3.30. The van der Waals surface area contributed by atoms with E-state index in [1.54, 1.807) is 4.90 Å². The largest absolute Gasteiger partial charge is 0.348 e. The number of nitrogens with one attached hydrogen (secondary N) is 1. The van der Waals surface area contributed by atoms with Crippen LogP contribution in [-0.4, -0.2) is 52.0 Å². The van der Waals surface area contributed by atoms with Crippen LogP contribution in [0.4, 0.5) is 10.2 Å². The first-order chi connectivity index (χ1) is 14.3. The van der Waals surface area contributed by atoms with Gasteiger partial charge in [-0.3, -0.25) is 19.7 Å². The minimum Gasteiger partial charge on any atom is -0.348 e. The van der Waals surface area contributed by atoms with Crippen molar-refractivity contribution in [3.63, 3.8) is 0 Å². The molecule has 5 rings (SSSR count). The summed E-state index contributed by atoms with van der Waals surface area (Å²) in [7, 11) is 0. The molecule has 0 spiro atoms. The maximum Gasteiger partial charge on any atom is 0.236 e. The first-order valence-corrected chi connectivity index (χ1v) is 9.92. The van der Waals surface area contributed by atoms with Gasteiger partial charge in [-0.25, -0.2) is 9.37 Å². The highest BCUT2D eigenvalue weighted by Crippen LogP contribution is 2.41. The summed E-state index contributed by atoms with van der Waals surface area (Å²) >= 11 is 0. The van der Waals surface area contributed by atoms with Gasteiger partial charge >= 0.3 is 0 Å². The summed E-state index contributed by atoms with van der Waals surface area (Å²) < 4.78 is 16.4. The molecule has 3 unspecified atom stereocenters. The average molecular weight is 413 g/mol. The first-order valence-electron chi connectivity index (χ1n) is 9.92. The molecule has 2 aromatic rings. The molecule has 0 bridgehead atoms. The quantitative estimate of drug-likeness (QED) is 0.349. The van der Waals surface area contributed by atoms with E-state index in [0.717, 1.165) is 25.1 Å². The van der Waals surface area contributed by atoms with Crippen molar-refractivity contribution in [2.45, 2.75) is 37.9 Å². The Labute approximate surface area is 170 Å². The molecular weight excluding hydrogens is 393 g/mol. The number of halogens is 1. The summed E-state index contributed by atoms with van der Waals surface area (Å²) in [5.74, 6) is -0.924. The maximum absolute atomic E-state index is 15.0. The van der Waals surface area contributed by atoms with Crippen LogP contribution in [0.15, 0.2) is 28.6 Å². The van der Waals surface area contributed by atoms with Crippen LogP contribution in [0.1, 0.15) is 36.3 Å². The molecule has 1 saturated heterocycles. The van der Waals surface area contributed by atoms with Crippen LogP contribution >= 0.6 is 0 Å². The Morgan fingerprint density at radius 3 is 2.87 bits per heavy atom. The van der Waals surface area contributed by atoms with Gasteiger partial charge in [-0.2, -0.15) is 0 Å². The molecule has 0 aromatic carbocycles. The third-order valence-electron chi connectivity index (χ3n) is 6.11. The van der Waals surface area contributed by atoms with Crippen LogP contribution in [0.2, 0.25) is 0 Å². The predicted octanol–water partition coefficient (Wildman–Crippen LogP) is 1.44. The molecule has 4 heterocycles. The van der Waals surface area contributed by atoms with E-state index < -0.39 is 34.0 Å². The lowest BCUT2D eigenvalue weighted by atomic mass is 10.1. The lowest BCUT2D eigenvalue weighted by Gasteiger charge is -2.20. The number of hydrogen-bond acceptors (Lipinski definition) is 7. The number of fused-ring (bicyclic) bond motifs is 2. The van der Waals surface area contributed by atoms with Gasteiger partial charge in [0.1, 0.15) is 11.7 Å². The normalized spacial score (nSPS) is 25.2. The molecule has 30 heavy (non-hydrogen) atoms. The molecule has 2 fully saturated rings. The van der Waals surface area contributed by atoms with Gasteiger partial charge in [-0.15, -0.1) is 0 Å². The van der Waals surface area contributed by atoms with Crippen molar-refractivity contribution in [2.75, 3.05) is 24.5 Å². The molecule has 1 saturated carbocycles. The van der Waals surface area contributed by atoms with Crippen LogP contribution < -0.4 is 15.6 Å². The van der Waals surface area contributed by atoms with Crippen molar-refractivity contribution < 1.29 is 14.1 Å². The van der Waals surface area contributed by atoms with E-state index in [2.05, 4.69) is 16.4 Å². The van der Waals surface area contributed by atoms with Gasteiger partial charge in [0.05, 0.1) is 11.1 Å². The molecule has 3 atom stereocenters. The van der Waals surface area contributed by atoms with Crippen molar-refractivity contribution >= 4 is 22.6 Å². The zero-order valence-electron chi connectivity index (χ0n) is 16.3. The molecule has 9 nitrogen and oxygen atoms in total. The molecule has 0 amide bonds. The summed E-state index contributed by atoms with van der Waals surface area (Å²) in [5, 5.41) is 14.7. The SMILES string of the molecule is CC(=O)c1cc(=O)c2cc(F)c(N3CC4=CCCNC4C3)nc2n1C1CC1[N+](=O)[O-]. The molecule has 1 N–H and O–H groups in total. The fraction of sp³-hybridized carbons (Fsp3) is 0.450. The van der Waals surface area contributed by atoms with Crippen LogP contribution in [0.25, 0.3) is 11.0 Å². The second-order valence-corrected chi connectivity index (χ2v) is 8.10. The number of nitro groups is 1. The number of aromatic nitrogens is 2. The van der Waals surface area contributed by atoms with Gasteiger partial charge in [0.15, 0.2) is 22.8 Å². The summed E-state index contributed by atoms with van der Waals surface area (Å²) in [6.45, 7) is 3.22. The van der Waals surface area contributed by atoms with Crippen LogP contribution in [-0.2, 0) is 0 Å². The van der Waals surface area contributed by atoms with E-state index in [4.69, 9.17) is 0 Å². The zero-order valence-corrected chi connectivity index (χ0v) is 16.3. The highest BCUT2D eigenvalue weighted by Gasteiger charge is 2.51. The number of carbonyl (C=O) groups is 1. The number of nitrogens with zero attached hydrogens (tertiary/aromatic N) is 4. The van der Waals surface area contributed by atoms with E-state index in [1.165, 1.54) is 17.1 Å². The van der Waals surface area contributed by atoms with Gasteiger partial charge in [0.2, 0.25) is 6.04 Å². The number of pyridine rings is 2. The highest BCUT2D eigenvalue weighted by atomic mass is 19.1. The third-order valence-corrected chi connectivity index (χ3v) is 6.11. The smallest absolute Gasteiger partial charge is 0.236 e. The van der Waals surface area contributed by atoms with Crippen molar-refractivity contribution in [2.24, 2.45) is 0 Å². The van der Waals surface area contributed by atoms with Crippen molar-refractivity contribution in [1.82, 2.24) is 14.9 Å². The van der Waals surface area contributed by atoms with Gasteiger partial charge in [-0.05, 0) is 24.6 Å². The van der Waals surface area contributed by atoms with E-state index in [0.29, 0.717) is 13.1 Å². The molecule has 3 aliphatic rings. The number of anilines is 1. The number of hydrogen-bond donors (Lipinski definition) is 1. The Balaban J connectivity index is 1.68. The second kappa shape index (κ2) is 6.69. The Kier molecular flexibility index (Phi) is 4.21. The summed E-state index contributed by atoms with van der Waals surface area (Å²) in [5.41, 5.74) is 0.830. The Morgan fingerprint density at radius 2 is 2.20 bits per heavy atom. The Hall–Kier alpha value is -3.14. The number of Topliss-reactive ketones (excluding diaryl/α,β-unsaturated/α-hetero) is 1. The fourth-order valence-corrected chi connectivity index (χ4v) is 4.53. The lowest BCUT2D eigenvalue weighted by molar-refractivity contribution is -0.497. The second-order valence-electron chi connectivity index (χ2n) is 8.10. The number of carbonyl (C=O) groups excluding carboxylic acids is 1. The molecular formula is C20H20FN5O4. The average Bonchev–Trinajstić information content (AvgIpc) is 3.38. The van der Waals surface area contributed by atoms with Crippen molar-refractivity contribution in [3.05, 3.63) is 55.6 Å². The van der Waals surface area contributed by atoms with Gasteiger partial charge in [-0.1, -0.05) is 6.08 Å². The lowest BCUT2D eigenvalue weighted by Crippen LogP contribution is -2.36. The maximum atomic E-state index is 15.0. The monoisotopic (exact) mass is 413 g/mol. The van der Waals surface area contributed by atoms with E-state index >= 15 is 0 Å². The standard InChI is InChI=1S/C20H20FN5O4/c1-10(27)15-7-18(28)12-5-13(21)20(24-8-11-3-2-4-22-14(11)9-24)23-19(12)25(15)16-6-17(16)26(29)30/h3,5,7,14,16-17,22H,2,4,6,8-9H2,1H3. The predicted molar refractivity (Wildman–Crippen MR) is 107 cm³/mol. The van der Waals surface area contributed by atoms with E-state index in [1.807, 2.05) is 0 Å². The Morgan fingerprint density at radius 1 is 1.40 bits per heavy atom. The van der Waals surface area contributed by atoms with Crippen LogP contribution in [0.5, 0.6) is 0 Å². The minimum atomic E-state index is -0.854. The van der Waals surface area contributed by atoms with Crippen LogP contribution in [0, 0.1) is 15.9 Å². The molecule has 2 aromatic heterocycles. The topological polar surface area (TPSA) is 110 Å². The Bertz CT molecular complexity index is 1190. The molecule has 10 heteroatoms. The number of rotatable bonds is 4. The minimum absolute atomic E-state index is 0.0178. The van der Waals surface area contributed by atoms with E-state index in [9.17, 15) is 24.1 Å². The van der Waals surface area contributed by atoms with Crippen molar-refractivity contribution in [3.8, 4) is 0 Å². The van der Waals surface area contributed by atoms with E-state index in [-0.39, 0.29) is 35.0 Å². The van der Waals surface area contributed by atoms with Crippen LogP contribution in [0.3, 0.4) is 0 Å². The molecule has 2 aliphatic heterocycles. The molecule has 0 radical (unpaired) electrons. The summed E-state index contributed by atoms with van der Waals surface area (Å²) in [4.78, 5) is 41.9. The highest BCUT2D eigenvalue weighted by molar-refractivity contribution is 5.95. The molecule has 1 aliphatic carbocycles. The van der Waals surface area contributed by atoms with Gasteiger partial charge < -0.3 is 14.8 Å². The first kappa shape index (κ1) is 18.9.